The number of para-hydroxylation sites is 3. The second-order valence-electron chi connectivity index (χ2n) is 23.5. The number of aromatic nitrogens is 3. The zero-order valence-corrected chi connectivity index (χ0v) is 50.9. The van der Waals surface area contributed by atoms with Crippen molar-refractivity contribution in [1.82, 2.24) is 13.7 Å². The number of hydrogen-bond donors (Lipinski definition) is 0. The van der Waals surface area contributed by atoms with E-state index in [1.54, 1.807) is 0 Å². The third-order valence-electron chi connectivity index (χ3n) is 18.9. The molecule has 89 heavy (non-hydrogen) atoms. The molecule has 0 amide bonds. The Morgan fingerprint density at radius 2 is 0.539 bits per heavy atom. The summed E-state index contributed by atoms with van der Waals surface area (Å²) in [7, 11) is -6.00. The van der Waals surface area contributed by atoms with Crippen molar-refractivity contribution in [3.05, 3.63) is 358 Å². The Bertz CT molecular complexity index is 5330. The first-order valence-electron chi connectivity index (χ1n) is 30.8. The lowest BCUT2D eigenvalue weighted by molar-refractivity contribution is 1.17. The van der Waals surface area contributed by atoms with Crippen LogP contribution in [-0.2, 0) is 0 Å². The molecule has 3 nitrogen and oxygen atoms in total. The van der Waals surface area contributed by atoms with E-state index in [0.29, 0.717) is 0 Å². The van der Waals surface area contributed by atoms with E-state index in [4.69, 9.17) is 0 Å². The lowest BCUT2D eigenvalue weighted by Crippen LogP contribution is -2.74. The van der Waals surface area contributed by atoms with E-state index < -0.39 is 16.1 Å². The monoisotopic (exact) mass is 1170 g/mol. The Morgan fingerprint density at radius 1 is 0.180 bits per heavy atom. The quantitative estimate of drug-likeness (QED) is 0.0855. The van der Waals surface area contributed by atoms with Crippen LogP contribution in [0.5, 0.6) is 0 Å². The average molecular weight is 1170 g/mol. The van der Waals surface area contributed by atoms with Crippen LogP contribution in [0.2, 0.25) is 0 Å². The van der Waals surface area contributed by atoms with Crippen LogP contribution in [0, 0.1) is 0 Å². The van der Waals surface area contributed by atoms with Gasteiger partial charge in [0.1, 0.15) is 0 Å². The summed E-state index contributed by atoms with van der Waals surface area (Å²) < 4.78 is 7.51. The summed E-state index contributed by atoms with van der Waals surface area (Å²) in [5.41, 5.74) is 12.8. The fourth-order valence-corrected chi connectivity index (χ4v) is 24.8. The van der Waals surface area contributed by atoms with Crippen molar-refractivity contribution in [2.24, 2.45) is 0 Å². The lowest BCUT2D eigenvalue weighted by atomic mass is 9.99. The van der Waals surface area contributed by atoms with Crippen molar-refractivity contribution in [3.8, 4) is 28.2 Å². The average Bonchev–Trinajstić information content (AvgIpc) is 1.76. The molecule has 0 aliphatic rings. The molecule has 17 rings (SSSR count). The van der Waals surface area contributed by atoms with Crippen LogP contribution in [0.3, 0.4) is 0 Å². The first-order valence-corrected chi connectivity index (χ1v) is 34.8. The van der Waals surface area contributed by atoms with Gasteiger partial charge in [0.05, 0.1) is 33.1 Å². The Morgan fingerprint density at radius 3 is 1.12 bits per heavy atom. The molecular weight excluding hydrogens is 1110 g/mol. The van der Waals surface area contributed by atoms with E-state index in [-0.39, 0.29) is 0 Å². The highest BCUT2D eigenvalue weighted by atomic mass is 28.3. The molecule has 17 aromatic rings. The molecule has 14 aromatic carbocycles. The minimum absolute atomic E-state index is 1.12. The highest BCUT2D eigenvalue weighted by Crippen LogP contribution is 2.41. The van der Waals surface area contributed by atoms with E-state index in [2.05, 4.69) is 372 Å². The zero-order chi connectivity index (χ0) is 58.9. The molecule has 0 aliphatic heterocycles. The van der Waals surface area contributed by atoms with Crippen LogP contribution in [0.4, 0.5) is 0 Å². The smallest absolute Gasteiger partial charge is 0.179 e. The van der Waals surface area contributed by atoms with Gasteiger partial charge >= 0.3 is 0 Å². The van der Waals surface area contributed by atoms with Crippen LogP contribution in [-0.4, -0.2) is 29.8 Å². The summed E-state index contributed by atoms with van der Waals surface area (Å²) >= 11 is 0. The van der Waals surface area contributed by atoms with Crippen LogP contribution in [0.25, 0.3) is 93.6 Å². The Labute approximate surface area is 519 Å². The van der Waals surface area contributed by atoms with E-state index in [1.807, 2.05) is 0 Å². The van der Waals surface area contributed by atoms with Crippen molar-refractivity contribution < 1.29 is 0 Å². The van der Waals surface area contributed by atoms with Gasteiger partial charge in [0.2, 0.25) is 0 Å². The maximum atomic E-state index is 2.54. The highest BCUT2D eigenvalue weighted by Gasteiger charge is 2.43. The molecule has 0 radical (unpaired) electrons. The molecule has 3 aromatic heterocycles. The molecule has 5 heteroatoms. The molecule has 0 aliphatic carbocycles. The van der Waals surface area contributed by atoms with E-state index >= 15 is 0 Å². The van der Waals surface area contributed by atoms with Crippen molar-refractivity contribution in [1.29, 1.82) is 0 Å². The van der Waals surface area contributed by atoms with Gasteiger partial charge in [-0.3, -0.25) is 0 Å². The summed E-state index contributed by atoms with van der Waals surface area (Å²) in [5.74, 6) is 0. The standard InChI is InChI=1S/C84H59N3Si2/c1-8-28-60(29-9-1)72-46-27-49-82-84(72)77-57-63(87-78-47-24-22-44-73(78)75-53-51-71(59-83(75)87)88(64-33-12-3-13-34-64,65-35-14-4-15-36-65)66-37-16-5-17-38-66)50-54-81(77)86(82)62-32-26-43-69(56-62)89(67-39-18-6-19-40-67,68-41-20-7-21-42-68)70-52-55-80-76(58-70)74-45-23-25-48-79(74)85(80)61-30-10-2-11-31-61/h1-59H. The van der Waals surface area contributed by atoms with Crippen molar-refractivity contribution >= 4 is 123 Å². The number of nitrogens with zero attached hydrogens (tertiary/aromatic N) is 3. The summed E-state index contributed by atoms with van der Waals surface area (Å²) in [6.45, 7) is 0. The minimum Gasteiger partial charge on any atom is -0.309 e. The first-order chi connectivity index (χ1) is 44.2. The van der Waals surface area contributed by atoms with Gasteiger partial charge in [-0.05, 0) is 125 Å². The summed E-state index contributed by atoms with van der Waals surface area (Å²) in [4.78, 5) is 0. The van der Waals surface area contributed by atoms with Crippen molar-refractivity contribution in [2.75, 3.05) is 0 Å². The second-order valence-corrected chi connectivity index (χ2v) is 31.1. The van der Waals surface area contributed by atoms with Gasteiger partial charge in [0.25, 0.3) is 0 Å². The maximum absolute atomic E-state index is 3.12. The predicted molar refractivity (Wildman–Crippen MR) is 382 cm³/mol. The van der Waals surface area contributed by atoms with Crippen LogP contribution < -0.4 is 41.5 Å². The molecule has 0 N–H and O–H groups in total. The maximum Gasteiger partial charge on any atom is 0.179 e. The normalized spacial score (nSPS) is 12.0. The van der Waals surface area contributed by atoms with E-state index in [0.717, 1.165) is 28.1 Å². The molecule has 0 atom stereocenters. The fraction of sp³-hybridized carbons (Fsp3) is 0. The molecule has 0 bridgehead atoms. The van der Waals surface area contributed by atoms with E-state index in [1.165, 1.54) is 107 Å². The van der Waals surface area contributed by atoms with Gasteiger partial charge in [-0.25, -0.2) is 0 Å². The molecule has 0 saturated heterocycles. The second kappa shape index (κ2) is 21.4. The highest BCUT2D eigenvalue weighted by molar-refractivity contribution is 7.20. The Kier molecular flexibility index (Phi) is 12.6. The van der Waals surface area contributed by atoms with Crippen molar-refractivity contribution in [3.63, 3.8) is 0 Å². The fourth-order valence-electron chi connectivity index (χ4n) is 15.2. The number of hydrogen-bond acceptors (Lipinski definition) is 0. The van der Waals surface area contributed by atoms with Gasteiger partial charge in [-0.1, -0.05) is 285 Å². The third-order valence-corrected chi connectivity index (χ3v) is 28.4. The summed E-state index contributed by atoms with van der Waals surface area (Å²) in [6.07, 6.45) is 0. The van der Waals surface area contributed by atoms with E-state index in [9.17, 15) is 0 Å². The lowest BCUT2D eigenvalue weighted by Gasteiger charge is -2.35. The SMILES string of the molecule is c1ccc(-c2cccc3c2c2cc(-n4c5ccccc5c5ccc([Si](c6ccccc6)(c6ccccc6)c6ccccc6)cc54)ccc2n3-c2cccc([Si](c3ccccc3)(c3ccccc3)c3ccc4c(c3)c3ccccc3n4-c3ccccc3)c2)cc1. The molecule has 0 saturated carbocycles. The molecule has 0 spiro atoms. The Hall–Kier alpha value is -11.1. The largest absolute Gasteiger partial charge is 0.309 e. The van der Waals surface area contributed by atoms with Gasteiger partial charge in [0, 0.05) is 49.4 Å². The third kappa shape index (κ3) is 8.17. The number of fused-ring (bicyclic) bond motifs is 9. The Balaban J connectivity index is 0.916. The molecule has 0 fully saturated rings. The van der Waals surface area contributed by atoms with Gasteiger partial charge in [-0.2, -0.15) is 0 Å². The minimum atomic E-state index is -3.12. The molecule has 0 unspecified atom stereocenters. The zero-order valence-electron chi connectivity index (χ0n) is 48.9. The first kappa shape index (κ1) is 52.3. The summed E-state index contributed by atoms with van der Waals surface area (Å²) in [6, 6.07) is 135. The molecular formula is C84H59N3Si2. The molecule has 418 valence electrons. The summed E-state index contributed by atoms with van der Waals surface area (Å²) in [5, 5.41) is 18.1. The predicted octanol–water partition coefficient (Wildman–Crippen LogP) is 15.4. The van der Waals surface area contributed by atoms with Gasteiger partial charge in [-0.15, -0.1) is 0 Å². The topological polar surface area (TPSA) is 14.8 Å². The number of rotatable bonds is 12. The molecule has 3 heterocycles. The van der Waals surface area contributed by atoms with Crippen LogP contribution in [0.1, 0.15) is 0 Å². The van der Waals surface area contributed by atoms with Gasteiger partial charge < -0.3 is 13.7 Å². The number of benzene rings is 14. The van der Waals surface area contributed by atoms with Crippen LogP contribution in [0.15, 0.2) is 358 Å². The van der Waals surface area contributed by atoms with Crippen LogP contribution >= 0.6 is 0 Å². The van der Waals surface area contributed by atoms with Gasteiger partial charge in [0.15, 0.2) is 16.1 Å². The van der Waals surface area contributed by atoms with Crippen molar-refractivity contribution in [2.45, 2.75) is 0 Å².